The summed E-state index contributed by atoms with van der Waals surface area (Å²) in [6.07, 6.45) is 2.86. The molecule has 0 aromatic heterocycles. The molecule has 2 aromatic carbocycles. The van der Waals surface area contributed by atoms with Crippen LogP contribution in [-0.4, -0.2) is 36.3 Å². The molecule has 2 amide bonds. The Morgan fingerprint density at radius 1 is 0.871 bits per heavy atom. The van der Waals surface area contributed by atoms with E-state index in [1.54, 1.807) is 0 Å². The summed E-state index contributed by atoms with van der Waals surface area (Å²) in [6.45, 7) is 10.6. The van der Waals surface area contributed by atoms with Crippen LogP contribution in [0.2, 0.25) is 0 Å². The molecule has 2 N–H and O–H groups in total. The Labute approximate surface area is 186 Å². The van der Waals surface area contributed by atoms with Gasteiger partial charge < -0.3 is 10.6 Å². The smallest absolute Gasteiger partial charge is 0.251 e. The van der Waals surface area contributed by atoms with E-state index in [2.05, 4.69) is 60.6 Å². The van der Waals surface area contributed by atoms with Gasteiger partial charge in [0.1, 0.15) is 0 Å². The quantitative estimate of drug-likeness (QED) is 0.677. The van der Waals surface area contributed by atoms with Gasteiger partial charge in [0.25, 0.3) is 5.91 Å². The summed E-state index contributed by atoms with van der Waals surface area (Å²) in [7, 11) is 0. The Kier molecular flexibility index (Phi) is 7.85. The third kappa shape index (κ3) is 7.21. The molecule has 5 heteroatoms. The van der Waals surface area contributed by atoms with Gasteiger partial charge in [-0.15, -0.1) is 0 Å². The van der Waals surface area contributed by atoms with Crippen LogP contribution in [0.5, 0.6) is 0 Å². The van der Waals surface area contributed by atoms with Gasteiger partial charge in [-0.2, -0.15) is 0 Å². The Hall–Kier alpha value is -2.66. The first-order valence-corrected chi connectivity index (χ1v) is 11.3. The number of benzene rings is 2. The van der Waals surface area contributed by atoms with E-state index in [1.807, 2.05) is 24.3 Å². The molecule has 0 atom stereocenters. The van der Waals surface area contributed by atoms with Gasteiger partial charge in [-0.1, -0.05) is 57.2 Å². The number of nitrogens with zero attached hydrogens (tertiary/aromatic N) is 1. The van der Waals surface area contributed by atoms with Crippen molar-refractivity contribution in [3.05, 3.63) is 70.8 Å². The highest BCUT2D eigenvalue weighted by Crippen LogP contribution is 2.22. The Bertz CT molecular complexity index is 861. The van der Waals surface area contributed by atoms with Crippen LogP contribution in [0.1, 0.15) is 67.1 Å². The van der Waals surface area contributed by atoms with Crippen LogP contribution in [-0.2, 0) is 23.3 Å². The minimum absolute atomic E-state index is 0.0568. The molecular formula is C26H35N3O2. The summed E-state index contributed by atoms with van der Waals surface area (Å²) in [6, 6.07) is 16.1. The molecule has 0 unspecified atom stereocenters. The van der Waals surface area contributed by atoms with Crippen LogP contribution in [0.25, 0.3) is 0 Å². The third-order valence-corrected chi connectivity index (χ3v) is 5.77. The molecule has 1 fully saturated rings. The van der Waals surface area contributed by atoms with Gasteiger partial charge in [0, 0.05) is 31.6 Å². The zero-order valence-corrected chi connectivity index (χ0v) is 19.0. The van der Waals surface area contributed by atoms with Crippen LogP contribution >= 0.6 is 0 Å². The van der Waals surface area contributed by atoms with Crippen molar-refractivity contribution in [2.75, 3.05) is 19.6 Å². The van der Waals surface area contributed by atoms with Gasteiger partial charge in [-0.3, -0.25) is 14.5 Å². The fourth-order valence-corrected chi connectivity index (χ4v) is 3.76. The standard InChI is InChI=1S/C26H35N3O2/c1-26(2,3)23-12-10-22(11-13-23)25(31)27-15-14-24(30)28-18-20-6-8-21(9-7-20)19-29-16-4-5-17-29/h6-13H,4-5,14-19H2,1-3H3,(H,27,31)(H,28,30). The molecular weight excluding hydrogens is 386 g/mol. The number of carbonyl (C=O) groups excluding carboxylic acids is 2. The minimum atomic E-state index is -0.151. The van der Waals surface area contributed by atoms with Crippen LogP contribution in [0, 0.1) is 0 Å². The van der Waals surface area contributed by atoms with E-state index >= 15 is 0 Å². The molecule has 0 radical (unpaired) electrons. The molecule has 1 aliphatic heterocycles. The predicted octanol–water partition coefficient (Wildman–Crippen LogP) is 4.02. The Morgan fingerprint density at radius 3 is 2.10 bits per heavy atom. The lowest BCUT2D eigenvalue weighted by molar-refractivity contribution is -0.121. The third-order valence-electron chi connectivity index (χ3n) is 5.77. The minimum Gasteiger partial charge on any atom is -0.352 e. The number of carbonyl (C=O) groups is 2. The zero-order valence-electron chi connectivity index (χ0n) is 19.0. The first kappa shape index (κ1) is 23.0. The van der Waals surface area contributed by atoms with E-state index in [0.717, 1.165) is 12.1 Å². The molecule has 0 saturated carbocycles. The number of rotatable bonds is 8. The summed E-state index contributed by atoms with van der Waals surface area (Å²) in [5.74, 6) is -0.216. The molecule has 0 spiro atoms. The van der Waals surface area contributed by atoms with Crippen LogP contribution in [0.4, 0.5) is 0 Å². The molecule has 1 saturated heterocycles. The molecule has 166 valence electrons. The molecule has 3 rings (SSSR count). The fraction of sp³-hybridized carbons (Fsp3) is 0.462. The van der Waals surface area contributed by atoms with E-state index < -0.39 is 0 Å². The van der Waals surface area contributed by atoms with Gasteiger partial charge in [0.2, 0.25) is 5.91 Å². The van der Waals surface area contributed by atoms with Gasteiger partial charge >= 0.3 is 0 Å². The van der Waals surface area contributed by atoms with E-state index in [4.69, 9.17) is 0 Å². The van der Waals surface area contributed by atoms with Gasteiger partial charge in [0.05, 0.1) is 0 Å². The topological polar surface area (TPSA) is 61.4 Å². The maximum Gasteiger partial charge on any atom is 0.251 e. The van der Waals surface area contributed by atoms with Crippen molar-refractivity contribution < 1.29 is 9.59 Å². The average Bonchev–Trinajstić information content (AvgIpc) is 3.26. The predicted molar refractivity (Wildman–Crippen MR) is 125 cm³/mol. The normalized spacial score (nSPS) is 14.4. The van der Waals surface area contributed by atoms with Crippen molar-refractivity contribution in [3.63, 3.8) is 0 Å². The zero-order chi connectivity index (χ0) is 22.3. The van der Waals surface area contributed by atoms with Crippen molar-refractivity contribution in [1.29, 1.82) is 0 Å². The molecule has 0 aliphatic carbocycles. The van der Waals surface area contributed by atoms with Crippen molar-refractivity contribution in [2.45, 2.75) is 58.5 Å². The first-order chi connectivity index (χ1) is 14.8. The lowest BCUT2D eigenvalue weighted by Crippen LogP contribution is -2.30. The average molecular weight is 422 g/mol. The second-order valence-corrected chi connectivity index (χ2v) is 9.41. The highest BCUT2D eigenvalue weighted by atomic mass is 16.2. The summed E-state index contributed by atoms with van der Waals surface area (Å²) in [4.78, 5) is 26.9. The summed E-state index contributed by atoms with van der Waals surface area (Å²) in [5.41, 5.74) is 4.26. The van der Waals surface area contributed by atoms with Gasteiger partial charge in [-0.05, 0) is 60.2 Å². The van der Waals surface area contributed by atoms with Crippen molar-refractivity contribution in [3.8, 4) is 0 Å². The Morgan fingerprint density at radius 2 is 1.48 bits per heavy atom. The summed E-state index contributed by atoms with van der Waals surface area (Å²) >= 11 is 0. The number of hydrogen-bond donors (Lipinski definition) is 2. The van der Waals surface area contributed by atoms with E-state index in [1.165, 1.54) is 37.1 Å². The van der Waals surface area contributed by atoms with Gasteiger partial charge in [0.15, 0.2) is 0 Å². The number of hydrogen-bond acceptors (Lipinski definition) is 3. The van der Waals surface area contributed by atoms with Crippen molar-refractivity contribution >= 4 is 11.8 Å². The van der Waals surface area contributed by atoms with E-state index in [0.29, 0.717) is 18.7 Å². The van der Waals surface area contributed by atoms with Crippen molar-refractivity contribution in [1.82, 2.24) is 15.5 Å². The molecule has 0 bridgehead atoms. The number of amides is 2. The SMILES string of the molecule is CC(C)(C)c1ccc(C(=O)NCCC(=O)NCc2ccc(CN3CCCC3)cc2)cc1. The lowest BCUT2D eigenvalue weighted by atomic mass is 9.87. The highest BCUT2D eigenvalue weighted by molar-refractivity contribution is 5.94. The summed E-state index contributed by atoms with van der Waals surface area (Å²) < 4.78 is 0. The maximum absolute atomic E-state index is 12.3. The van der Waals surface area contributed by atoms with E-state index in [9.17, 15) is 9.59 Å². The number of nitrogens with one attached hydrogen (secondary N) is 2. The molecule has 31 heavy (non-hydrogen) atoms. The first-order valence-electron chi connectivity index (χ1n) is 11.3. The molecule has 2 aromatic rings. The second-order valence-electron chi connectivity index (χ2n) is 9.41. The van der Waals surface area contributed by atoms with E-state index in [-0.39, 0.29) is 23.7 Å². The molecule has 5 nitrogen and oxygen atoms in total. The van der Waals surface area contributed by atoms with Crippen molar-refractivity contribution in [2.24, 2.45) is 0 Å². The second kappa shape index (κ2) is 10.6. The maximum atomic E-state index is 12.3. The number of likely N-dealkylation sites (tertiary alicyclic amines) is 1. The van der Waals surface area contributed by atoms with Crippen LogP contribution in [0.3, 0.4) is 0 Å². The Balaban J connectivity index is 1.35. The summed E-state index contributed by atoms with van der Waals surface area (Å²) in [5, 5.41) is 5.75. The fourth-order valence-electron chi connectivity index (χ4n) is 3.76. The highest BCUT2D eigenvalue weighted by Gasteiger charge is 2.14. The monoisotopic (exact) mass is 421 g/mol. The molecule has 1 aliphatic rings. The van der Waals surface area contributed by atoms with Crippen LogP contribution in [0.15, 0.2) is 48.5 Å². The van der Waals surface area contributed by atoms with Crippen LogP contribution < -0.4 is 10.6 Å². The van der Waals surface area contributed by atoms with Gasteiger partial charge in [-0.25, -0.2) is 0 Å². The molecule has 1 heterocycles. The largest absolute Gasteiger partial charge is 0.352 e. The lowest BCUT2D eigenvalue weighted by Gasteiger charge is -2.19.